The molecule has 0 aromatic carbocycles. The maximum atomic E-state index is 10.8. The molecule has 0 aliphatic rings. The van der Waals surface area contributed by atoms with Crippen LogP contribution < -0.4 is 5.32 Å². The summed E-state index contributed by atoms with van der Waals surface area (Å²) >= 11 is 1.55. The maximum Gasteiger partial charge on any atom is 0.183 e. The van der Waals surface area contributed by atoms with Crippen molar-refractivity contribution in [3.63, 3.8) is 0 Å². The van der Waals surface area contributed by atoms with Gasteiger partial charge in [-0.3, -0.25) is 0 Å². The first-order chi connectivity index (χ1) is 6.38. The predicted octanol–water partition coefficient (Wildman–Crippen LogP) is 1.22. The Morgan fingerprint density at radius 2 is 2.07 bits per heavy atom. The van der Waals surface area contributed by atoms with Crippen LogP contribution in [0.2, 0.25) is 0 Å². The first kappa shape index (κ1) is 11.5. The quantitative estimate of drug-likeness (QED) is 0.851. The van der Waals surface area contributed by atoms with Crippen LogP contribution in [-0.2, 0) is 9.84 Å². The molecular formula is C8H14N2O2S2. The molecule has 0 fully saturated rings. The zero-order valence-corrected chi connectivity index (χ0v) is 10.1. The van der Waals surface area contributed by atoms with Gasteiger partial charge in [0.2, 0.25) is 0 Å². The lowest BCUT2D eigenvalue weighted by atomic mass is 10.4. The molecule has 0 saturated heterocycles. The molecule has 1 rings (SSSR count). The van der Waals surface area contributed by atoms with Crippen molar-refractivity contribution in [2.24, 2.45) is 0 Å². The SMILES string of the molecule is Cc1nc(NCCS(C)(=O)=O)sc1C. The summed E-state index contributed by atoms with van der Waals surface area (Å²) in [5, 5.41) is 3.79. The zero-order chi connectivity index (χ0) is 10.8. The maximum absolute atomic E-state index is 10.8. The van der Waals surface area contributed by atoms with E-state index >= 15 is 0 Å². The molecule has 0 bridgehead atoms. The zero-order valence-electron chi connectivity index (χ0n) is 8.49. The van der Waals surface area contributed by atoms with E-state index < -0.39 is 9.84 Å². The lowest BCUT2D eigenvalue weighted by Crippen LogP contribution is -2.13. The molecule has 0 radical (unpaired) electrons. The van der Waals surface area contributed by atoms with E-state index in [4.69, 9.17) is 0 Å². The minimum Gasteiger partial charge on any atom is -0.360 e. The van der Waals surface area contributed by atoms with Gasteiger partial charge in [-0.1, -0.05) is 0 Å². The average molecular weight is 234 g/mol. The third kappa shape index (κ3) is 3.63. The molecule has 0 aliphatic heterocycles. The molecule has 0 atom stereocenters. The first-order valence-electron chi connectivity index (χ1n) is 4.24. The molecule has 4 nitrogen and oxygen atoms in total. The second kappa shape index (κ2) is 4.27. The summed E-state index contributed by atoms with van der Waals surface area (Å²) in [5.74, 6) is 0.144. The van der Waals surface area contributed by atoms with E-state index in [1.54, 1.807) is 11.3 Å². The van der Waals surface area contributed by atoms with Crippen molar-refractivity contribution in [2.45, 2.75) is 13.8 Å². The van der Waals surface area contributed by atoms with Gasteiger partial charge in [0.25, 0.3) is 0 Å². The van der Waals surface area contributed by atoms with Crippen molar-refractivity contribution in [3.8, 4) is 0 Å². The number of thiazole rings is 1. The van der Waals surface area contributed by atoms with E-state index in [0.717, 1.165) is 15.7 Å². The number of rotatable bonds is 4. The number of aryl methyl sites for hydroxylation is 2. The minimum atomic E-state index is -2.88. The van der Waals surface area contributed by atoms with Gasteiger partial charge in [-0.2, -0.15) is 0 Å². The number of nitrogens with zero attached hydrogens (tertiary/aromatic N) is 1. The molecule has 80 valence electrons. The van der Waals surface area contributed by atoms with Crippen LogP contribution in [-0.4, -0.2) is 32.0 Å². The van der Waals surface area contributed by atoms with E-state index in [9.17, 15) is 8.42 Å². The topological polar surface area (TPSA) is 59.1 Å². The highest BCUT2D eigenvalue weighted by atomic mass is 32.2. The number of nitrogens with one attached hydrogen (secondary N) is 1. The van der Waals surface area contributed by atoms with Crippen molar-refractivity contribution in [3.05, 3.63) is 10.6 Å². The van der Waals surface area contributed by atoms with Crippen LogP contribution in [0.1, 0.15) is 10.6 Å². The third-order valence-electron chi connectivity index (χ3n) is 1.78. The Labute approximate surface area is 88.3 Å². The van der Waals surface area contributed by atoms with Gasteiger partial charge in [-0.05, 0) is 13.8 Å². The number of hydrogen-bond donors (Lipinski definition) is 1. The fourth-order valence-corrected chi connectivity index (χ4v) is 2.20. The molecule has 1 N–H and O–H groups in total. The Hall–Kier alpha value is -0.620. The smallest absolute Gasteiger partial charge is 0.183 e. The molecule has 0 unspecified atom stereocenters. The van der Waals surface area contributed by atoms with Gasteiger partial charge in [0, 0.05) is 17.7 Å². The highest BCUT2D eigenvalue weighted by molar-refractivity contribution is 7.90. The van der Waals surface area contributed by atoms with Gasteiger partial charge >= 0.3 is 0 Å². The van der Waals surface area contributed by atoms with Gasteiger partial charge in [0.1, 0.15) is 9.84 Å². The Morgan fingerprint density at radius 1 is 1.43 bits per heavy atom. The molecule has 1 aromatic heterocycles. The molecule has 14 heavy (non-hydrogen) atoms. The third-order valence-corrected chi connectivity index (χ3v) is 3.75. The van der Waals surface area contributed by atoms with Crippen LogP contribution in [0, 0.1) is 13.8 Å². The lowest BCUT2D eigenvalue weighted by molar-refractivity contribution is 0.602. The van der Waals surface area contributed by atoms with Crippen LogP contribution >= 0.6 is 11.3 Å². The Bertz CT molecular complexity index is 389. The summed E-state index contributed by atoms with van der Waals surface area (Å²) in [5.41, 5.74) is 0.997. The molecule has 0 spiro atoms. The van der Waals surface area contributed by atoms with E-state index in [1.165, 1.54) is 6.26 Å². The van der Waals surface area contributed by atoms with Crippen molar-refractivity contribution in [1.29, 1.82) is 0 Å². The molecule has 0 saturated carbocycles. The fourth-order valence-electron chi connectivity index (χ4n) is 0.892. The van der Waals surface area contributed by atoms with Gasteiger partial charge in [-0.15, -0.1) is 11.3 Å². The van der Waals surface area contributed by atoms with Gasteiger partial charge in [-0.25, -0.2) is 13.4 Å². The van der Waals surface area contributed by atoms with Crippen molar-refractivity contribution < 1.29 is 8.42 Å². The van der Waals surface area contributed by atoms with E-state index in [1.807, 2.05) is 13.8 Å². The van der Waals surface area contributed by atoms with Crippen LogP contribution in [0.5, 0.6) is 0 Å². The summed E-state index contributed by atoms with van der Waals surface area (Å²) in [7, 11) is -2.88. The summed E-state index contributed by atoms with van der Waals surface area (Å²) in [4.78, 5) is 5.40. The highest BCUT2D eigenvalue weighted by Crippen LogP contribution is 2.20. The average Bonchev–Trinajstić information content (AvgIpc) is 2.28. The van der Waals surface area contributed by atoms with E-state index in [0.29, 0.717) is 6.54 Å². The largest absolute Gasteiger partial charge is 0.360 e. The van der Waals surface area contributed by atoms with Gasteiger partial charge < -0.3 is 5.32 Å². The fraction of sp³-hybridized carbons (Fsp3) is 0.625. The normalized spacial score (nSPS) is 11.6. The molecule has 6 heteroatoms. The summed E-state index contributed by atoms with van der Waals surface area (Å²) in [6.07, 6.45) is 1.23. The van der Waals surface area contributed by atoms with Crippen LogP contribution in [0.15, 0.2) is 0 Å². The van der Waals surface area contributed by atoms with Crippen LogP contribution in [0.4, 0.5) is 5.13 Å². The van der Waals surface area contributed by atoms with Gasteiger partial charge in [0.15, 0.2) is 5.13 Å². The second-order valence-electron chi connectivity index (χ2n) is 3.22. The van der Waals surface area contributed by atoms with Crippen molar-refractivity contribution in [1.82, 2.24) is 4.98 Å². The Balaban J connectivity index is 2.47. The minimum absolute atomic E-state index is 0.144. The first-order valence-corrected chi connectivity index (χ1v) is 7.12. The molecule has 0 amide bonds. The lowest BCUT2D eigenvalue weighted by Gasteiger charge is -1.99. The van der Waals surface area contributed by atoms with E-state index in [2.05, 4.69) is 10.3 Å². The van der Waals surface area contributed by atoms with Gasteiger partial charge in [0.05, 0.1) is 11.4 Å². The predicted molar refractivity (Wildman–Crippen MR) is 59.8 cm³/mol. The second-order valence-corrected chi connectivity index (χ2v) is 6.68. The summed E-state index contributed by atoms with van der Waals surface area (Å²) in [6, 6.07) is 0. The molecule has 0 aliphatic carbocycles. The number of sulfone groups is 1. The number of hydrogen-bond acceptors (Lipinski definition) is 5. The standard InChI is InChI=1S/C8H14N2O2S2/c1-6-7(2)13-8(10-6)9-4-5-14(3,11)12/h4-5H2,1-3H3,(H,9,10). The number of aromatic nitrogens is 1. The van der Waals surface area contributed by atoms with E-state index in [-0.39, 0.29) is 5.75 Å². The molecular weight excluding hydrogens is 220 g/mol. The monoisotopic (exact) mass is 234 g/mol. The molecule has 1 heterocycles. The van der Waals surface area contributed by atoms with Crippen LogP contribution in [0.3, 0.4) is 0 Å². The van der Waals surface area contributed by atoms with Crippen molar-refractivity contribution in [2.75, 3.05) is 23.9 Å². The summed E-state index contributed by atoms with van der Waals surface area (Å²) < 4.78 is 21.7. The Morgan fingerprint density at radius 3 is 2.50 bits per heavy atom. The molecule has 1 aromatic rings. The van der Waals surface area contributed by atoms with Crippen LogP contribution in [0.25, 0.3) is 0 Å². The summed E-state index contributed by atoms with van der Waals surface area (Å²) in [6.45, 7) is 4.35. The number of anilines is 1. The Kier molecular flexibility index (Phi) is 3.49. The van der Waals surface area contributed by atoms with Crippen molar-refractivity contribution >= 4 is 26.3 Å². The highest BCUT2D eigenvalue weighted by Gasteiger charge is 2.04.